The zero-order valence-electron chi connectivity index (χ0n) is 38.1. The number of ether oxygens (including phenoxy) is 2. The van der Waals surface area contributed by atoms with Gasteiger partial charge in [-0.3, -0.25) is 18.6 Å². The summed E-state index contributed by atoms with van der Waals surface area (Å²) in [6.45, 7) is 3.91. The van der Waals surface area contributed by atoms with Crippen molar-refractivity contribution in [1.29, 1.82) is 0 Å². The van der Waals surface area contributed by atoms with Crippen molar-refractivity contribution in [2.75, 3.05) is 47.5 Å². The van der Waals surface area contributed by atoms with Gasteiger partial charge in [0.15, 0.2) is 6.10 Å². The van der Waals surface area contributed by atoms with Gasteiger partial charge in [0.1, 0.15) is 19.8 Å². The lowest BCUT2D eigenvalue weighted by molar-refractivity contribution is -0.870. The normalized spacial score (nSPS) is 15.3. The molecule has 346 valence electrons. The van der Waals surface area contributed by atoms with Gasteiger partial charge >= 0.3 is 19.8 Å². The van der Waals surface area contributed by atoms with E-state index in [1.807, 2.05) is 33.3 Å². The lowest BCUT2D eigenvalue weighted by Gasteiger charge is -2.24. The first kappa shape index (κ1) is 57.4. The molecule has 0 rings (SSSR count). The Balaban J connectivity index is 4.60. The molecule has 0 heterocycles. The zero-order valence-corrected chi connectivity index (χ0v) is 39.0. The molecule has 12 heteroatoms. The van der Waals surface area contributed by atoms with Gasteiger partial charge in [0.25, 0.3) is 0 Å². The van der Waals surface area contributed by atoms with Crippen molar-refractivity contribution in [3.8, 4) is 0 Å². The summed E-state index contributed by atoms with van der Waals surface area (Å²) in [6, 6.07) is 0. The summed E-state index contributed by atoms with van der Waals surface area (Å²) in [4.78, 5) is 35.5. The number of phosphoric ester groups is 1. The molecule has 0 aliphatic heterocycles. The van der Waals surface area contributed by atoms with Crippen molar-refractivity contribution in [2.45, 2.75) is 173 Å². The fourth-order valence-corrected chi connectivity index (χ4v) is 6.46. The Bertz CT molecular complexity index is 1290. The maximum Gasteiger partial charge on any atom is 0.472 e. The second-order valence-electron chi connectivity index (χ2n) is 16.4. The van der Waals surface area contributed by atoms with Crippen molar-refractivity contribution in [3.05, 3.63) is 72.9 Å². The number of rotatable bonds is 40. The molecular weight excluding hydrogens is 781 g/mol. The number of allylic oxidation sites excluding steroid dienone is 11. The number of aliphatic hydroxyl groups is 2. The van der Waals surface area contributed by atoms with Crippen LogP contribution in [-0.4, -0.2) is 97.3 Å². The summed E-state index contributed by atoms with van der Waals surface area (Å²) < 4.78 is 34.1. The molecule has 0 bridgehead atoms. The lowest BCUT2D eigenvalue weighted by atomic mass is 10.0. The van der Waals surface area contributed by atoms with Gasteiger partial charge in [-0.1, -0.05) is 132 Å². The van der Waals surface area contributed by atoms with Gasteiger partial charge in [-0.15, -0.1) is 0 Å². The van der Waals surface area contributed by atoms with Crippen LogP contribution in [0.1, 0.15) is 155 Å². The minimum absolute atomic E-state index is 0.0259. The first-order chi connectivity index (χ1) is 28.8. The second kappa shape index (κ2) is 39.2. The summed E-state index contributed by atoms with van der Waals surface area (Å²) in [6.07, 6.45) is 41.2. The highest BCUT2D eigenvalue weighted by atomic mass is 31.2. The van der Waals surface area contributed by atoms with E-state index >= 15 is 0 Å². The highest BCUT2D eigenvalue weighted by Gasteiger charge is 2.27. The molecule has 0 aliphatic rings. The number of esters is 2. The monoisotopic (exact) mass is 867 g/mol. The van der Waals surface area contributed by atoms with E-state index in [9.17, 15) is 29.3 Å². The molecule has 4 atom stereocenters. The van der Waals surface area contributed by atoms with Crippen LogP contribution in [0.3, 0.4) is 0 Å². The average molecular weight is 867 g/mol. The molecule has 60 heavy (non-hydrogen) atoms. The van der Waals surface area contributed by atoms with E-state index in [0.29, 0.717) is 17.4 Å². The Morgan fingerprint density at radius 3 is 1.70 bits per heavy atom. The lowest BCUT2D eigenvalue weighted by Crippen LogP contribution is -2.37. The van der Waals surface area contributed by atoms with E-state index in [1.165, 1.54) is 44.9 Å². The van der Waals surface area contributed by atoms with E-state index in [-0.39, 0.29) is 45.3 Å². The van der Waals surface area contributed by atoms with E-state index in [4.69, 9.17) is 18.5 Å². The average Bonchev–Trinajstić information content (AvgIpc) is 3.19. The minimum Gasteiger partial charge on any atom is -0.462 e. The van der Waals surface area contributed by atoms with Crippen LogP contribution >= 0.6 is 7.82 Å². The van der Waals surface area contributed by atoms with Crippen LogP contribution in [0.25, 0.3) is 0 Å². The van der Waals surface area contributed by atoms with Crippen LogP contribution in [0.15, 0.2) is 72.9 Å². The minimum atomic E-state index is -4.46. The maximum atomic E-state index is 12.7. The molecule has 3 N–H and O–H groups in total. The van der Waals surface area contributed by atoms with Gasteiger partial charge < -0.3 is 29.1 Å². The quantitative estimate of drug-likeness (QED) is 0.0179. The van der Waals surface area contributed by atoms with E-state index in [0.717, 1.165) is 57.8 Å². The predicted molar refractivity (Wildman–Crippen MR) is 245 cm³/mol. The Morgan fingerprint density at radius 1 is 0.600 bits per heavy atom. The highest BCUT2D eigenvalue weighted by Crippen LogP contribution is 2.43. The summed E-state index contributed by atoms with van der Waals surface area (Å²) in [5.41, 5.74) is 0. The van der Waals surface area contributed by atoms with Crippen molar-refractivity contribution in [2.24, 2.45) is 0 Å². The molecule has 0 fully saturated rings. The fraction of sp³-hybridized carbons (Fsp3) is 0.708. The number of carbonyl (C=O) groups excluding carboxylic acids is 2. The topological polar surface area (TPSA) is 149 Å². The zero-order chi connectivity index (χ0) is 44.6. The molecule has 0 amide bonds. The molecule has 0 aromatic carbocycles. The molecule has 11 nitrogen and oxygen atoms in total. The van der Waals surface area contributed by atoms with Gasteiger partial charge in [0, 0.05) is 12.8 Å². The molecular formula is C48H85NO10P+. The molecule has 0 spiro atoms. The van der Waals surface area contributed by atoms with Crippen molar-refractivity contribution in [3.63, 3.8) is 0 Å². The number of nitrogens with zero attached hydrogens (tertiary/aromatic N) is 1. The smallest absolute Gasteiger partial charge is 0.462 e. The van der Waals surface area contributed by atoms with Gasteiger partial charge in [0.05, 0.1) is 40.0 Å². The van der Waals surface area contributed by atoms with E-state index in [2.05, 4.69) is 74.6 Å². The molecule has 1 unspecified atom stereocenters. The van der Waals surface area contributed by atoms with Crippen LogP contribution in [0.4, 0.5) is 0 Å². The molecule has 0 radical (unpaired) electrons. The third-order valence-corrected chi connectivity index (χ3v) is 10.4. The number of hydrogen-bond donors (Lipinski definition) is 3. The van der Waals surface area contributed by atoms with Crippen LogP contribution in [0.2, 0.25) is 0 Å². The third kappa shape index (κ3) is 40.8. The Labute approximate surface area is 364 Å². The van der Waals surface area contributed by atoms with Crippen molar-refractivity contribution < 1.29 is 52.3 Å². The SMILES string of the molecule is CC/C=C\C/C=C\C/C=C\C/C=C\C[C@@H](O)[C@H](O)CCCC(=O)O[C@H](COC(=O)CCCCCCCCC/C=C\C/C=C\CCCCC)COP(=O)(O)OCC[N+](C)(C)C. The number of carbonyl (C=O) groups is 2. The summed E-state index contributed by atoms with van der Waals surface area (Å²) in [5.74, 6) is -1.10. The number of unbranched alkanes of at least 4 members (excludes halogenated alkanes) is 10. The van der Waals surface area contributed by atoms with E-state index in [1.54, 1.807) is 0 Å². The molecule has 0 aliphatic carbocycles. The van der Waals surface area contributed by atoms with Gasteiger partial charge in [-0.2, -0.15) is 0 Å². The predicted octanol–water partition coefficient (Wildman–Crippen LogP) is 11.0. The highest BCUT2D eigenvalue weighted by molar-refractivity contribution is 7.47. The van der Waals surface area contributed by atoms with Crippen molar-refractivity contribution in [1.82, 2.24) is 0 Å². The first-order valence-corrected chi connectivity index (χ1v) is 24.3. The number of likely N-dealkylation sites (N-methyl/N-ethyl adjacent to an activating group) is 1. The van der Waals surface area contributed by atoms with Crippen LogP contribution < -0.4 is 0 Å². The number of aliphatic hydroxyl groups excluding tert-OH is 2. The molecule has 0 aromatic heterocycles. The number of quaternary nitrogens is 1. The van der Waals surface area contributed by atoms with Crippen LogP contribution in [0.5, 0.6) is 0 Å². The summed E-state index contributed by atoms with van der Waals surface area (Å²) in [7, 11) is 1.28. The van der Waals surface area contributed by atoms with Crippen LogP contribution in [0, 0.1) is 0 Å². The van der Waals surface area contributed by atoms with Gasteiger partial charge in [-0.05, 0) is 83.5 Å². The Hall–Kier alpha value is -2.63. The van der Waals surface area contributed by atoms with Gasteiger partial charge in [-0.25, -0.2) is 4.57 Å². The Kier molecular flexibility index (Phi) is 37.5. The van der Waals surface area contributed by atoms with Crippen molar-refractivity contribution >= 4 is 19.8 Å². The van der Waals surface area contributed by atoms with Gasteiger partial charge in [0.2, 0.25) is 0 Å². The molecule has 0 saturated heterocycles. The number of phosphoric acid groups is 1. The fourth-order valence-electron chi connectivity index (χ4n) is 5.72. The standard InChI is InChI=1S/C48H84NO10P/c1-6-8-10-12-14-16-18-20-21-22-23-24-26-28-30-32-34-38-47(52)56-42-44(43-58-60(54,55)57-41-40-49(3,4)5)59-48(53)39-35-37-46(51)45(50)36-33-31-29-27-25-19-17-15-13-11-9-7-2/h9,11,14-17,20-21,25,27,31,33,44-46,50-51H,6-8,10,12-13,18-19,22-24,26,28-30,32,34-43H2,1-5H3/p+1/b11-9-,16-14-,17-15-,21-20-,27-25-,33-31-/t44-,45-,46-/m1/s1. The van der Waals surface area contributed by atoms with E-state index < -0.39 is 44.7 Å². The van der Waals surface area contributed by atoms with Crippen LogP contribution in [-0.2, 0) is 32.7 Å². The Morgan fingerprint density at radius 2 is 1.12 bits per heavy atom. The summed E-state index contributed by atoms with van der Waals surface area (Å²) >= 11 is 0. The maximum absolute atomic E-state index is 12.7. The summed E-state index contributed by atoms with van der Waals surface area (Å²) in [5, 5.41) is 20.8. The first-order valence-electron chi connectivity index (χ1n) is 22.8. The molecule has 0 aromatic rings. The second-order valence-corrected chi connectivity index (χ2v) is 17.8. The largest absolute Gasteiger partial charge is 0.472 e. The number of hydrogen-bond acceptors (Lipinski definition) is 9. The third-order valence-electron chi connectivity index (χ3n) is 9.42. The molecule has 0 saturated carbocycles.